The molecular formula is C20H26O4. The van der Waals surface area contributed by atoms with Crippen LogP contribution in [0.15, 0.2) is 22.3 Å². The first-order valence-electron chi connectivity index (χ1n) is 8.93. The van der Waals surface area contributed by atoms with Crippen LogP contribution in [0.25, 0.3) is 0 Å². The molecule has 1 aromatic rings. The zero-order valence-electron chi connectivity index (χ0n) is 15.1. The van der Waals surface area contributed by atoms with Crippen LogP contribution in [-0.2, 0) is 20.7 Å². The maximum atomic E-state index is 12.6. The van der Waals surface area contributed by atoms with E-state index in [0.717, 1.165) is 36.1 Å². The van der Waals surface area contributed by atoms with Crippen LogP contribution in [0.2, 0.25) is 0 Å². The Labute approximate surface area is 143 Å². The van der Waals surface area contributed by atoms with E-state index in [1.54, 1.807) is 19.3 Å². The minimum atomic E-state index is -0.317. The molecule has 1 saturated heterocycles. The standard InChI is InChI=1S/C20H26O4/c1-6-11(2)18(21)23-17-16-12(3)10-22-14(16)9-20-15(24-20)8-7-13(4)19(17,20)5/h6,10,13,15,17H,7-9H2,1-5H3/b11-6+. The van der Waals surface area contributed by atoms with Gasteiger partial charge in [-0.05, 0) is 45.1 Å². The van der Waals surface area contributed by atoms with Gasteiger partial charge in [-0.3, -0.25) is 0 Å². The van der Waals surface area contributed by atoms with Crippen LogP contribution in [0.3, 0.4) is 0 Å². The quantitative estimate of drug-likeness (QED) is 0.462. The largest absolute Gasteiger partial charge is 0.469 e. The second-order valence-electron chi connectivity index (χ2n) is 7.95. The Kier molecular flexibility index (Phi) is 3.31. The third kappa shape index (κ3) is 1.81. The number of ether oxygens (including phenoxy) is 2. The number of esters is 1. The smallest absolute Gasteiger partial charge is 0.334 e. The molecule has 2 fully saturated rings. The van der Waals surface area contributed by atoms with Crippen molar-refractivity contribution < 1.29 is 18.7 Å². The molecule has 130 valence electrons. The molecule has 0 N–H and O–H groups in total. The molecule has 0 amide bonds. The number of hydrogen-bond acceptors (Lipinski definition) is 4. The highest BCUT2D eigenvalue weighted by Crippen LogP contribution is 2.69. The number of epoxide rings is 1. The lowest BCUT2D eigenvalue weighted by Gasteiger charge is -2.50. The number of carbonyl (C=O) groups excluding carboxylic acids is 1. The number of rotatable bonds is 2. The van der Waals surface area contributed by atoms with Crippen LogP contribution < -0.4 is 0 Å². The molecule has 5 atom stereocenters. The molecule has 2 aliphatic carbocycles. The lowest BCUT2D eigenvalue weighted by molar-refractivity contribution is -0.164. The zero-order chi connectivity index (χ0) is 17.3. The summed E-state index contributed by atoms with van der Waals surface area (Å²) >= 11 is 0. The van der Waals surface area contributed by atoms with Gasteiger partial charge in [0.05, 0.1) is 12.4 Å². The van der Waals surface area contributed by atoms with Crippen LogP contribution in [0.1, 0.15) is 63.5 Å². The monoisotopic (exact) mass is 330 g/mol. The Bertz CT molecular complexity index is 730. The Balaban J connectivity index is 1.83. The van der Waals surface area contributed by atoms with Gasteiger partial charge in [-0.25, -0.2) is 4.79 Å². The predicted molar refractivity (Wildman–Crippen MR) is 89.5 cm³/mol. The van der Waals surface area contributed by atoms with Crippen molar-refractivity contribution in [2.75, 3.05) is 0 Å². The number of furan rings is 1. The molecule has 1 aliphatic heterocycles. The highest BCUT2D eigenvalue weighted by molar-refractivity contribution is 5.88. The number of fused-ring (bicyclic) bond motifs is 1. The normalized spacial score (nSPS) is 40.4. The topological polar surface area (TPSA) is 52.0 Å². The first-order valence-corrected chi connectivity index (χ1v) is 8.93. The van der Waals surface area contributed by atoms with E-state index in [2.05, 4.69) is 13.8 Å². The Morgan fingerprint density at radius 1 is 1.42 bits per heavy atom. The van der Waals surface area contributed by atoms with Gasteiger partial charge in [0.15, 0.2) is 0 Å². The summed E-state index contributed by atoms with van der Waals surface area (Å²) in [6.07, 6.45) is 6.51. The van der Waals surface area contributed by atoms with Crippen molar-refractivity contribution in [3.8, 4) is 0 Å². The third-order valence-corrected chi connectivity index (χ3v) is 6.93. The lowest BCUT2D eigenvalue weighted by atomic mass is 9.53. The fourth-order valence-corrected chi connectivity index (χ4v) is 4.96. The van der Waals surface area contributed by atoms with Crippen molar-refractivity contribution in [3.63, 3.8) is 0 Å². The van der Waals surface area contributed by atoms with Gasteiger partial charge in [0.2, 0.25) is 0 Å². The van der Waals surface area contributed by atoms with Gasteiger partial charge in [0.25, 0.3) is 0 Å². The molecule has 1 saturated carbocycles. The van der Waals surface area contributed by atoms with Crippen molar-refractivity contribution >= 4 is 5.97 Å². The molecule has 0 bridgehead atoms. The predicted octanol–water partition coefficient (Wildman–Crippen LogP) is 4.27. The van der Waals surface area contributed by atoms with Gasteiger partial charge in [-0.15, -0.1) is 0 Å². The van der Waals surface area contributed by atoms with E-state index in [9.17, 15) is 4.79 Å². The molecule has 0 aromatic carbocycles. The van der Waals surface area contributed by atoms with E-state index >= 15 is 0 Å². The molecule has 4 nitrogen and oxygen atoms in total. The molecule has 1 spiro atoms. The summed E-state index contributed by atoms with van der Waals surface area (Å²) in [5.41, 5.74) is 2.30. The molecular weight excluding hydrogens is 304 g/mol. The first kappa shape index (κ1) is 15.9. The van der Waals surface area contributed by atoms with Crippen molar-refractivity contribution in [1.82, 2.24) is 0 Å². The van der Waals surface area contributed by atoms with Crippen LogP contribution in [0.4, 0.5) is 0 Å². The van der Waals surface area contributed by atoms with Crippen LogP contribution >= 0.6 is 0 Å². The fourth-order valence-electron chi connectivity index (χ4n) is 4.96. The molecule has 3 aliphatic rings. The summed E-state index contributed by atoms with van der Waals surface area (Å²) in [5.74, 6) is 1.10. The summed E-state index contributed by atoms with van der Waals surface area (Å²) in [4.78, 5) is 12.6. The van der Waals surface area contributed by atoms with Gasteiger partial charge in [-0.2, -0.15) is 0 Å². The summed E-state index contributed by atoms with van der Waals surface area (Å²) in [7, 11) is 0. The maximum Gasteiger partial charge on any atom is 0.334 e. The summed E-state index contributed by atoms with van der Waals surface area (Å²) in [5, 5.41) is 0. The highest BCUT2D eigenvalue weighted by atomic mass is 16.6. The minimum Gasteiger partial charge on any atom is -0.469 e. The van der Waals surface area contributed by atoms with Crippen molar-refractivity contribution in [3.05, 3.63) is 34.8 Å². The summed E-state index contributed by atoms with van der Waals surface area (Å²) < 4.78 is 18.2. The molecule has 4 rings (SSSR count). The van der Waals surface area contributed by atoms with Crippen molar-refractivity contribution in [1.29, 1.82) is 0 Å². The van der Waals surface area contributed by atoms with Gasteiger partial charge in [0, 0.05) is 23.0 Å². The zero-order valence-corrected chi connectivity index (χ0v) is 15.1. The van der Waals surface area contributed by atoms with E-state index < -0.39 is 0 Å². The number of hydrogen-bond donors (Lipinski definition) is 0. The Hall–Kier alpha value is -1.55. The summed E-state index contributed by atoms with van der Waals surface area (Å²) in [6.45, 7) is 10.2. The third-order valence-electron chi connectivity index (χ3n) is 6.93. The van der Waals surface area contributed by atoms with Crippen molar-refractivity contribution in [2.45, 2.75) is 71.7 Å². The van der Waals surface area contributed by atoms with E-state index in [-0.39, 0.29) is 29.2 Å². The number of carbonyl (C=O) groups is 1. The van der Waals surface area contributed by atoms with Gasteiger partial charge >= 0.3 is 5.97 Å². The fraction of sp³-hybridized carbons (Fsp3) is 0.650. The highest BCUT2D eigenvalue weighted by Gasteiger charge is 2.75. The Morgan fingerprint density at radius 3 is 2.88 bits per heavy atom. The number of aryl methyl sites for hydroxylation is 1. The SMILES string of the molecule is C/C=C(\C)C(=O)OC1c2c(C)coc2CC23OC2CCC(C)C13C. The van der Waals surface area contributed by atoms with E-state index in [1.807, 2.05) is 13.8 Å². The molecule has 0 radical (unpaired) electrons. The van der Waals surface area contributed by atoms with E-state index in [4.69, 9.17) is 13.9 Å². The maximum absolute atomic E-state index is 12.6. The second kappa shape index (κ2) is 4.98. The average molecular weight is 330 g/mol. The molecule has 24 heavy (non-hydrogen) atoms. The average Bonchev–Trinajstić information content (AvgIpc) is 3.17. The van der Waals surface area contributed by atoms with E-state index in [0.29, 0.717) is 11.5 Å². The van der Waals surface area contributed by atoms with Crippen molar-refractivity contribution in [2.24, 2.45) is 11.3 Å². The van der Waals surface area contributed by atoms with E-state index in [1.165, 1.54) is 0 Å². The summed E-state index contributed by atoms with van der Waals surface area (Å²) in [6, 6.07) is 0. The number of allylic oxidation sites excluding steroid dienone is 1. The van der Waals surface area contributed by atoms with Crippen LogP contribution in [-0.4, -0.2) is 17.7 Å². The van der Waals surface area contributed by atoms with Gasteiger partial charge in [0.1, 0.15) is 17.5 Å². The van der Waals surface area contributed by atoms with Crippen LogP contribution in [0, 0.1) is 18.3 Å². The van der Waals surface area contributed by atoms with Gasteiger partial charge < -0.3 is 13.9 Å². The second-order valence-corrected chi connectivity index (χ2v) is 7.95. The lowest BCUT2D eigenvalue weighted by Crippen LogP contribution is -2.54. The minimum absolute atomic E-state index is 0.221. The first-order chi connectivity index (χ1) is 11.3. The molecule has 2 heterocycles. The molecule has 4 heteroatoms. The molecule has 1 aromatic heterocycles. The van der Waals surface area contributed by atoms with Gasteiger partial charge in [-0.1, -0.05) is 19.9 Å². The Morgan fingerprint density at radius 2 is 2.17 bits per heavy atom. The molecule has 5 unspecified atom stereocenters. The van der Waals surface area contributed by atoms with Crippen LogP contribution in [0.5, 0.6) is 0 Å².